The Morgan fingerprint density at radius 3 is 2.95 bits per heavy atom. The Hall–Kier alpha value is -1.46. The van der Waals surface area contributed by atoms with Crippen LogP contribution in [0.1, 0.15) is 35.1 Å². The fourth-order valence-corrected chi connectivity index (χ4v) is 3.61. The summed E-state index contributed by atoms with van der Waals surface area (Å²) in [5, 5.41) is 11.0. The molecule has 1 aliphatic rings. The van der Waals surface area contributed by atoms with Crippen molar-refractivity contribution in [2.45, 2.75) is 31.8 Å². The third-order valence-electron chi connectivity index (χ3n) is 3.72. The molecule has 20 heavy (non-hydrogen) atoms. The second-order valence-corrected chi connectivity index (χ2v) is 6.25. The van der Waals surface area contributed by atoms with Gasteiger partial charge in [-0.25, -0.2) is 4.98 Å². The van der Waals surface area contributed by atoms with E-state index in [2.05, 4.69) is 21.9 Å². The van der Waals surface area contributed by atoms with Gasteiger partial charge in [0.2, 0.25) is 0 Å². The van der Waals surface area contributed by atoms with Gasteiger partial charge in [-0.2, -0.15) is 0 Å². The first-order valence-electron chi connectivity index (χ1n) is 7.02. The molecule has 0 fully saturated rings. The first kappa shape index (κ1) is 13.5. The fraction of sp³-hybridized carbons (Fsp3) is 0.467. The van der Waals surface area contributed by atoms with E-state index in [4.69, 9.17) is 0 Å². The Labute approximate surface area is 123 Å². The van der Waals surface area contributed by atoms with Crippen LogP contribution < -0.4 is 4.90 Å². The van der Waals surface area contributed by atoms with Crippen LogP contribution >= 0.6 is 11.3 Å². The van der Waals surface area contributed by atoms with Gasteiger partial charge in [-0.05, 0) is 43.4 Å². The number of hydrogen-bond donors (Lipinski definition) is 1. The lowest BCUT2D eigenvalue weighted by atomic mass is 10.0. The zero-order chi connectivity index (χ0) is 13.9. The number of aromatic nitrogens is 2. The van der Waals surface area contributed by atoms with E-state index in [9.17, 15) is 5.11 Å². The summed E-state index contributed by atoms with van der Waals surface area (Å²) in [5.41, 5.74) is 2.38. The van der Waals surface area contributed by atoms with Gasteiger partial charge in [-0.3, -0.25) is 4.98 Å². The Kier molecular flexibility index (Phi) is 3.98. The molecule has 0 saturated heterocycles. The minimum absolute atomic E-state index is 0.307. The van der Waals surface area contributed by atoms with Crippen LogP contribution in [0.4, 0.5) is 5.13 Å². The van der Waals surface area contributed by atoms with Crippen LogP contribution in [0.15, 0.2) is 24.5 Å². The van der Waals surface area contributed by atoms with Gasteiger partial charge in [-0.15, -0.1) is 0 Å². The number of likely N-dealkylation sites (N-methyl/N-ethyl adjacent to an activating group) is 1. The summed E-state index contributed by atoms with van der Waals surface area (Å²) >= 11 is 1.64. The zero-order valence-electron chi connectivity index (χ0n) is 11.6. The number of aryl methyl sites for hydroxylation is 1. The number of thiazole rings is 1. The van der Waals surface area contributed by atoms with Crippen molar-refractivity contribution in [1.82, 2.24) is 9.97 Å². The minimum Gasteiger partial charge on any atom is -0.388 e. The molecular formula is C15H19N3OS. The monoisotopic (exact) mass is 289 g/mol. The van der Waals surface area contributed by atoms with E-state index in [1.807, 2.05) is 24.5 Å². The topological polar surface area (TPSA) is 49.2 Å². The molecule has 0 spiro atoms. The van der Waals surface area contributed by atoms with E-state index in [1.165, 1.54) is 5.56 Å². The molecule has 2 aromatic rings. The molecule has 106 valence electrons. The van der Waals surface area contributed by atoms with Gasteiger partial charge in [0, 0.05) is 26.0 Å². The van der Waals surface area contributed by atoms with Crippen molar-refractivity contribution in [3.63, 3.8) is 0 Å². The molecule has 0 radical (unpaired) electrons. The van der Waals surface area contributed by atoms with Crippen molar-refractivity contribution in [3.05, 3.63) is 40.7 Å². The molecule has 0 amide bonds. The van der Waals surface area contributed by atoms with E-state index in [0.29, 0.717) is 0 Å². The molecule has 5 heteroatoms. The number of anilines is 1. The van der Waals surface area contributed by atoms with Crippen molar-refractivity contribution in [2.24, 2.45) is 0 Å². The van der Waals surface area contributed by atoms with Crippen LogP contribution in [0.25, 0.3) is 0 Å². The first-order valence-corrected chi connectivity index (χ1v) is 7.83. The van der Waals surface area contributed by atoms with E-state index >= 15 is 0 Å². The summed E-state index contributed by atoms with van der Waals surface area (Å²) in [4.78, 5) is 12.0. The second kappa shape index (κ2) is 5.89. The number of aliphatic hydroxyl groups is 1. The zero-order valence-corrected chi connectivity index (χ0v) is 12.4. The Bertz CT molecular complexity index is 570. The fourth-order valence-electron chi connectivity index (χ4n) is 2.49. The summed E-state index contributed by atoms with van der Waals surface area (Å²) in [6.07, 6.45) is 7.24. The predicted octanol–water partition coefficient (Wildman–Crippen LogP) is 2.59. The van der Waals surface area contributed by atoms with Crippen LogP contribution in [-0.4, -0.2) is 28.7 Å². The van der Waals surface area contributed by atoms with E-state index in [0.717, 1.165) is 47.9 Å². The van der Waals surface area contributed by atoms with E-state index in [-0.39, 0.29) is 6.10 Å². The lowest BCUT2D eigenvalue weighted by Gasteiger charge is -2.15. The summed E-state index contributed by atoms with van der Waals surface area (Å²) in [7, 11) is 2.07. The third-order valence-corrected chi connectivity index (χ3v) is 5.04. The molecular weight excluding hydrogens is 270 g/mol. The maximum atomic E-state index is 10.0. The van der Waals surface area contributed by atoms with Gasteiger partial charge in [0.15, 0.2) is 5.13 Å². The summed E-state index contributed by atoms with van der Waals surface area (Å²) < 4.78 is 0. The SMILES string of the molecule is CN(CCc1ccncc1)c1nc2c(s1)C(O)CCC2. The van der Waals surface area contributed by atoms with Crippen molar-refractivity contribution in [1.29, 1.82) is 0 Å². The highest BCUT2D eigenvalue weighted by atomic mass is 32.1. The number of hydrogen-bond acceptors (Lipinski definition) is 5. The molecule has 4 nitrogen and oxygen atoms in total. The van der Waals surface area contributed by atoms with Gasteiger partial charge in [0.25, 0.3) is 0 Å². The average Bonchev–Trinajstić information content (AvgIpc) is 2.91. The van der Waals surface area contributed by atoms with Crippen LogP contribution in [0.2, 0.25) is 0 Å². The molecule has 1 atom stereocenters. The highest BCUT2D eigenvalue weighted by Gasteiger charge is 2.23. The molecule has 1 N–H and O–H groups in total. The van der Waals surface area contributed by atoms with E-state index < -0.39 is 0 Å². The highest BCUT2D eigenvalue weighted by Crippen LogP contribution is 2.37. The lowest BCUT2D eigenvalue weighted by molar-refractivity contribution is 0.160. The smallest absolute Gasteiger partial charge is 0.185 e. The quantitative estimate of drug-likeness (QED) is 0.940. The maximum absolute atomic E-state index is 10.0. The maximum Gasteiger partial charge on any atom is 0.185 e. The summed E-state index contributed by atoms with van der Waals surface area (Å²) in [6, 6.07) is 4.09. The van der Waals surface area contributed by atoms with Crippen LogP contribution in [0.3, 0.4) is 0 Å². The third kappa shape index (κ3) is 2.83. The first-order chi connectivity index (χ1) is 9.74. The van der Waals surface area contributed by atoms with Crippen LogP contribution in [0.5, 0.6) is 0 Å². The molecule has 1 aliphatic carbocycles. The molecule has 0 bridgehead atoms. The Morgan fingerprint density at radius 2 is 2.20 bits per heavy atom. The van der Waals surface area contributed by atoms with Crippen molar-refractivity contribution in [2.75, 3.05) is 18.5 Å². The Morgan fingerprint density at radius 1 is 1.40 bits per heavy atom. The lowest BCUT2D eigenvalue weighted by Crippen LogP contribution is -2.20. The van der Waals surface area contributed by atoms with Gasteiger partial charge >= 0.3 is 0 Å². The molecule has 2 heterocycles. The summed E-state index contributed by atoms with van der Waals surface area (Å²) in [6.45, 7) is 0.923. The molecule has 0 saturated carbocycles. The van der Waals surface area contributed by atoms with Crippen LogP contribution in [-0.2, 0) is 12.8 Å². The number of fused-ring (bicyclic) bond motifs is 1. The largest absolute Gasteiger partial charge is 0.388 e. The van der Waals surface area contributed by atoms with Crippen molar-refractivity contribution in [3.8, 4) is 0 Å². The molecule has 2 aromatic heterocycles. The predicted molar refractivity (Wildman–Crippen MR) is 81.2 cm³/mol. The number of nitrogens with zero attached hydrogens (tertiary/aromatic N) is 3. The van der Waals surface area contributed by atoms with Crippen molar-refractivity contribution >= 4 is 16.5 Å². The standard InChI is InChI=1S/C15H19N3OS/c1-18(10-7-11-5-8-16-9-6-11)15-17-12-3-2-4-13(19)14(12)20-15/h5-6,8-9,13,19H,2-4,7,10H2,1H3. The van der Waals surface area contributed by atoms with E-state index in [1.54, 1.807) is 11.3 Å². The van der Waals surface area contributed by atoms with Gasteiger partial charge in [0.1, 0.15) is 0 Å². The molecule has 0 aromatic carbocycles. The minimum atomic E-state index is -0.307. The van der Waals surface area contributed by atoms with Gasteiger partial charge in [0.05, 0.1) is 16.7 Å². The number of rotatable bonds is 4. The molecule has 1 unspecified atom stereocenters. The normalized spacial score (nSPS) is 17.8. The molecule has 3 rings (SSSR count). The van der Waals surface area contributed by atoms with Crippen LogP contribution in [0, 0.1) is 0 Å². The van der Waals surface area contributed by atoms with Crippen molar-refractivity contribution < 1.29 is 5.11 Å². The number of pyridine rings is 1. The highest BCUT2D eigenvalue weighted by molar-refractivity contribution is 7.15. The van der Waals surface area contributed by atoms with Gasteiger partial charge in [-0.1, -0.05) is 11.3 Å². The summed E-state index contributed by atoms with van der Waals surface area (Å²) in [5.74, 6) is 0. The molecule has 0 aliphatic heterocycles. The average molecular weight is 289 g/mol. The Balaban J connectivity index is 1.67. The number of aliphatic hydroxyl groups excluding tert-OH is 1. The second-order valence-electron chi connectivity index (χ2n) is 5.24. The van der Waals surface area contributed by atoms with Gasteiger partial charge < -0.3 is 10.0 Å².